The highest BCUT2D eigenvalue weighted by molar-refractivity contribution is 7.18. The number of nitrogens with zero attached hydrogens (tertiary/aromatic N) is 6. The van der Waals surface area contributed by atoms with E-state index >= 15 is 0 Å². The van der Waals surface area contributed by atoms with Crippen LogP contribution in [0.15, 0.2) is 22.7 Å². The van der Waals surface area contributed by atoms with Crippen LogP contribution < -0.4 is 0 Å². The summed E-state index contributed by atoms with van der Waals surface area (Å²) in [6.07, 6.45) is 2.61. The van der Waals surface area contributed by atoms with Crippen LogP contribution in [-0.2, 0) is 24.1 Å². The van der Waals surface area contributed by atoms with Crippen molar-refractivity contribution in [3.63, 3.8) is 0 Å². The first kappa shape index (κ1) is 17.4. The highest BCUT2D eigenvalue weighted by Gasteiger charge is 2.29. The summed E-state index contributed by atoms with van der Waals surface area (Å²) in [6, 6.07) is 6.09. The van der Waals surface area contributed by atoms with Crippen LogP contribution in [0.25, 0.3) is 21.6 Å². The fourth-order valence-electron chi connectivity index (χ4n) is 3.70. The Kier molecular flexibility index (Phi) is 4.40. The first-order chi connectivity index (χ1) is 13.7. The lowest BCUT2D eigenvalue weighted by Gasteiger charge is -2.19. The average molecular weight is 396 g/mol. The number of aromatic nitrogens is 6. The Morgan fingerprint density at radius 3 is 3.14 bits per heavy atom. The third kappa shape index (κ3) is 3.10. The maximum atomic E-state index is 5.64. The quantitative estimate of drug-likeness (QED) is 0.512. The molecular formula is C19H20N6O2S. The van der Waals surface area contributed by atoms with Crippen molar-refractivity contribution in [1.29, 1.82) is 0 Å². The van der Waals surface area contributed by atoms with Gasteiger partial charge in [-0.3, -0.25) is 0 Å². The second kappa shape index (κ2) is 7.06. The Bertz CT molecular complexity index is 1130. The van der Waals surface area contributed by atoms with Gasteiger partial charge >= 0.3 is 0 Å². The highest BCUT2D eigenvalue weighted by Crippen LogP contribution is 2.33. The number of thiazole rings is 1. The van der Waals surface area contributed by atoms with Crippen LogP contribution in [0.2, 0.25) is 0 Å². The molecule has 144 valence electrons. The molecule has 0 spiro atoms. The number of hydrogen-bond donors (Lipinski definition) is 0. The third-order valence-corrected chi connectivity index (χ3v) is 6.07. The van der Waals surface area contributed by atoms with Crippen molar-refractivity contribution in [1.82, 2.24) is 30.1 Å². The lowest BCUT2D eigenvalue weighted by atomic mass is 9.89. The van der Waals surface area contributed by atoms with E-state index in [-0.39, 0.29) is 5.92 Å². The Morgan fingerprint density at radius 1 is 1.32 bits per heavy atom. The topological polar surface area (TPSA) is 91.8 Å². The lowest BCUT2D eigenvalue weighted by molar-refractivity contribution is 0.181. The summed E-state index contributed by atoms with van der Waals surface area (Å²) in [7, 11) is 1.69. The zero-order valence-electron chi connectivity index (χ0n) is 15.8. The van der Waals surface area contributed by atoms with Crippen LogP contribution in [0.5, 0.6) is 0 Å². The summed E-state index contributed by atoms with van der Waals surface area (Å²) < 4.78 is 13.9. The van der Waals surface area contributed by atoms with E-state index in [4.69, 9.17) is 14.2 Å². The number of rotatable bonds is 5. The molecule has 0 bridgehead atoms. The van der Waals surface area contributed by atoms with Gasteiger partial charge in [-0.05, 0) is 38.0 Å². The van der Waals surface area contributed by atoms with Gasteiger partial charge in [0.2, 0.25) is 11.7 Å². The molecule has 1 aromatic carbocycles. The molecule has 1 aliphatic rings. The van der Waals surface area contributed by atoms with Gasteiger partial charge in [-0.15, -0.1) is 16.4 Å². The van der Waals surface area contributed by atoms with Crippen LogP contribution in [0.3, 0.4) is 0 Å². The van der Waals surface area contributed by atoms with E-state index in [1.807, 2.05) is 23.7 Å². The normalized spacial score (nSPS) is 16.6. The van der Waals surface area contributed by atoms with E-state index in [1.165, 1.54) is 0 Å². The lowest BCUT2D eigenvalue weighted by Crippen LogP contribution is -2.18. The molecule has 8 nitrogen and oxygen atoms in total. The Balaban J connectivity index is 1.39. The van der Waals surface area contributed by atoms with Gasteiger partial charge in [-0.25, -0.2) is 9.67 Å². The monoisotopic (exact) mass is 396 g/mol. The van der Waals surface area contributed by atoms with Gasteiger partial charge in [-0.1, -0.05) is 10.4 Å². The molecule has 4 aromatic rings. The Labute approximate surface area is 165 Å². The molecule has 0 fully saturated rings. The molecule has 0 radical (unpaired) electrons. The molecule has 3 aromatic heterocycles. The van der Waals surface area contributed by atoms with E-state index in [0.29, 0.717) is 24.9 Å². The van der Waals surface area contributed by atoms with Crippen LogP contribution >= 0.6 is 11.3 Å². The van der Waals surface area contributed by atoms with E-state index in [1.54, 1.807) is 18.4 Å². The minimum atomic E-state index is 0.183. The molecule has 5 rings (SSSR count). The van der Waals surface area contributed by atoms with Crippen LogP contribution in [-0.4, -0.2) is 43.8 Å². The summed E-state index contributed by atoms with van der Waals surface area (Å²) in [4.78, 5) is 9.20. The number of benzene rings is 1. The standard InChI is InChI=1S/C19H20N6O2S/c1-11-20-15-6-3-12(10-17(15)28-11)18-21-19(27-23-18)13-4-5-14-16(9-13)25(24-22-14)7-8-26-2/h3,6,10,13H,4-5,7-9H2,1-2H3. The third-order valence-electron chi connectivity index (χ3n) is 5.14. The van der Waals surface area contributed by atoms with Gasteiger partial charge in [0, 0.05) is 25.0 Å². The molecule has 0 saturated carbocycles. The van der Waals surface area contributed by atoms with E-state index in [0.717, 1.165) is 51.4 Å². The van der Waals surface area contributed by atoms with Crippen molar-refractivity contribution in [2.75, 3.05) is 13.7 Å². The van der Waals surface area contributed by atoms with Crippen molar-refractivity contribution in [2.45, 2.75) is 38.6 Å². The smallest absolute Gasteiger partial charge is 0.230 e. The summed E-state index contributed by atoms with van der Waals surface area (Å²) in [5.74, 6) is 1.49. The largest absolute Gasteiger partial charge is 0.383 e. The fraction of sp³-hybridized carbons (Fsp3) is 0.421. The zero-order chi connectivity index (χ0) is 19.1. The van der Waals surface area contributed by atoms with Gasteiger partial charge in [0.25, 0.3) is 0 Å². The van der Waals surface area contributed by atoms with Gasteiger partial charge < -0.3 is 9.26 Å². The molecular weight excluding hydrogens is 376 g/mol. The molecule has 0 aliphatic heterocycles. The minimum absolute atomic E-state index is 0.183. The van der Waals surface area contributed by atoms with Crippen LogP contribution in [0.1, 0.15) is 34.6 Å². The Morgan fingerprint density at radius 2 is 2.25 bits per heavy atom. The van der Waals surface area contributed by atoms with Crippen molar-refractivity contribution < 1.29 is 9.26 Å². The molecule has 0 amide bonds. The number of fused-ring (bicyclic) bond motifs is 2. The van der Waals surface area contributed by atoms with Crippen LogP contribution in [0.4, 0.5) is 0 Å². The Hall–Kier alpha value is -2.65. The zero-order valence-corrected chi connectivity index (χ0v) is 16.6. The minimum Gasteiger partial charge on any atom is -0.383 e. The second-order valence-corrected chi connectivity index (χ2v) is 8.24. The predicted molar refractivity (Wildman–Crippen MR) is 104 cm³/mol. The summed E-state index contributed by atoms with van der Waals surface area (Å²) >= 11 is 1.67. The highest BCUT2D eigenvalue weighted by atomic mass is 32.1. The molecule has 1 unspecified atom stereocenters. The molecule has 0 N–H and O–H groups in total. The maximum Gasteiger partial charge on any atom is 0.230 e. The summed E-state index contributed by atoms with van der Waals surface area (Å²) in [5, 5.41) is 13.9. The maximum absolute atomic E-state index is 5.64. The van der Waals surface area contributed by atoms with E-state index in [2.05, 4.69) is 26.5 Å². The predicted octanol–water partition coefficient (Wildman–Crippen LogP) is 3.17. The van der Waals surface area contributed by atoms with Crippen molar-refractivity contribution in [3.8, 4) is 11.4 Å². The molecule has 0 saturated heterocycles. The average Bonchev–Trinajstić information content (AvgIpc) is 3.42. The van der Waals surface area contributed by atoms with Crippen molar-refractivity contribution >= 4 is 21.6 Å². The summed E-state index contributed by atoms with van der Waals surface area (Å²) in [6.45, 7) is 3.33. The van der Waals surface area contributed by atoms with Crippen molar-refractivity contribution in [3.05, 3.63) is 40.5 Å². The number of aryl methyl sites for hydroxylation is 2. The first-order valence-electron chi connectivity index (χ1n) is 9.32. The molecule has 3 heterocycles. The number of ether oxygens (including phenoxy) is 1. The van der Waals surface area contributed by atoms with Gasteiger partial charge in [0.1, 0.15) is 0 Å². The van der Waals surface area contributed by atoms with Gasteiger partial charge in [-0.2, -0.15) is 4.98 Å². The molecule has 1 aliphatic carbocycles. The fourth-order valence-corrected chi connectivity index (χ4v) is 4.56. The van der Waals surface area contributed by atoms with Crippen LogP contribution in [0, 0.1) is 6.92 Å². The molecule has 1 atom stereocenters. The number of methoxy groups -OCH3 is 1. The summed E-state index contributed by atoms with van der Waals surface area (Å²) in [5.41, 5.74) is 4.17. The van der Waals surface area contributed by atoms with Gasteiger partial charge in [0.05, 0.1) is 39.8 Å². The van der Waals surface area contributed by atoms with E-state index in [9.17, 15) is 0 Å². The van der Waals surface area contributed by atoms with Crippen molar-refractivity contribution in [2.24, 2.45) is 0 Å². The van der Waals surface area contributed by atoms with Gasteiger partial charge in [0.15, 0.2) is 0 Å². The molecule has 28 heavy (non-hydrogen) atoms. The van der Waals surface area contributed by atoms with E-state index < -0.39 is 0 Å². The second-order valence-electron chi connectivity index (χ2n) is 7.01. The molecule has 9 heteroatoms. The number of hydrogen-bond acceptors (Lipinski definition) is 8. The first-order valence-corrected chi connectivity index (χ1v) is 10.1. The SMILES string of the molecule is COCCn1nnc2c1CC(c1nc(-c3ccc4nc(C)sc4c3)no1)CC2.